The topological polar surface area (TPSA) is 70.5 Å². The first-order valence-corrected chi connectivity index (χ1v) is 9.54. The molecule has 5 nitrogen and oxygen atoms in total. The molecule has 2 aromatic carbocycles. The van der Waals surface area contributed by atoms with Crippen LogP contribution in [0.2, 0.25) is 0 Å². The number of hydrogen-bond acceptors (Lipinski definition) is 4. The van der Waals surface area contributed by atoms with Crippen LogP contribution >= 0.6 is 11.3 Å². The van der Waals surface area contributed by atoms with Gasteiger partial charge < -0.3 is 10.0 Å². The van der Waals surface area contributed by atoms with E-state index in [0.29, 0.717) is 10.7 Å². The van der Waals surface area contributed by atoms with Crippen molar-refractivity contribution in [1.82, 2.24) is 4.98 Å². The summed E-state index contributed by atoms with van der Waals surface area (Å²) in [5.41, 5.74) is 1.82. The summed E-state index contributed by atoms with van der Waals surface area (Å²) in [6, 6.07) is 9.30. The second-order valence-corrected chi connectivity index (χ2v) is 7.32. The van der Waals surface area contributed by atoms with Gasteiger partial charge in [-0.2, -0.15) is 0 Å². The highest BCUT2D eigenvalue weighted by molar-refractivity contribution is 7.18. The molecule has 0 aliphatic carbocycles. The second-order valence-electron chi connectivity index (χ2n) is 6.24. The number of amides is 1. The maximum absolute atomic E-state index is 14.0. The summed E-state index contributed by atoms with van der Waals surface area (Å²) in [4.78, 5) is 29.2. The van der Waals surface area contributed by atoms with E-state index in [1.807, 2.05) is 25.1 Å². The van der Waals surface area contributed by atoms with Crippen molar-refractivity contribution in [2.75, 3.05) is 4.90 Å². The Morgan fingerprint density at radius 3 is 2.68 bits per heavy atom. The van der Waals surface area contributed by atoms with Crippen molar-refractivity contribution in [3.05, 3.63) is 58.6 Å². The number of benzene rings is 2. The fourth-order valence-electron chi connectivity index (χ4n) is 2.83. The zero-order valence-corrected chi connectivity index (χ0v) is 15.9. The number of aliphatic carboxylic acids is 1. The Balaban J connectivity index is 1.95. The number of aromatic nitrogens is 1. The first-order chi connectivity index (χ1) is 13.4. The fraction of sp³-hybridized carbons (Fsp3) is 0.250. The summed E-state index contributed by atoms with van der Waals surface area (Å²) in [5.74, 6) is -2.85. The molecule has 0 aliphatic rings. The molecule has 3 aromatic rings. The van der Waals surface area contributed by atoms with Gasteiger partial charge in [-0.25, -0.2) is 13.8 Å². The van der Waals surface area contributed by atoms with Gasteiger partial charge in [0.2, 0.25) is 5.91 Å². The second kappa shape index (κ2) is 8.43. The van der Waals surface area contributed by atoms with Crippen molar-refractivity contribution >= 4 is 39.1 Å². The minimum atomic E-state index is -1.06. The predicted molar refractivity (Wildman–Crippen MR) is 103 cm³/mol. The number of anilines is 1. The van der Waals surface area contributed by atoms with Crippen LogP contribution in [-0.4, -0.2) is 22.0 Å². The molecule has 0 aliphatic heterocycles. The zero-order chi connectivity index (χ0) is 20.3. The summed E-state index contributed by atoms with van der Waals surface area (Å²) < 4.78 is 27.6. The molecule has 28 heavy (non-hydrogen) atoms. The van der Waals surface area contributed by atoms with Gasteiger partial charge in [-0.05, 0) is 24.1 Å². The Labute approximate surface area is 164 Å². The van der Waals surface area contributed by atoms with Gasteiger partial charge in [-0.3, -0.25) is 9.59 Å². The number of rotatable bonds is 7. The van der Waals surface area contributed by atoms with Crippen LogP contribution in [0.5, 0.6) is 0 Å². The zero-order valence-electron chi connectivity index (χ0n) is 15.1. The molecule has 0 fully saturated rings. The SMILES string of the molecule is CCc1cccc(N(Cc2nc3cc(F)cc(F)c3s2)C(=O)CCC(=O)O)c1. The van der Waals surface area contributed by atoms with Crippen molar-refractivity contribution in [2.45, 2.75) is 32.7 Å². The van der Waals surface area contributed by atoms with Crippen LogP contribution in [0.4, 0.5) is 14.5 Å². The maximum atomic E-state index is 14.0. The third-order valence-corrected chi connectivity index (χ3v) is 5.30. The Bertz CT molecular complexity index is 1040. The Hall–Kier alpha value is -2.87. The molecule has 0 unspecified atom stereocenters. The van der Waals surface area contributed by atoms with Crippen molar-refractivity contribution in [3.63, 3.8) is 0 Å². The van der Waals surface area contributed by atoms with E-state index in [9.17, 15) is 18.4 Å². The number of carboxylic acids is 1. The lowest BCUT2D eigenvalue weighted by atomic mass is 10.1. The lowest BCUT2D eigenvalue weighted by Gasteiger charge is -2.22. The minimum Gasteiger partial charge on any atom is -0.481 e. The van der Waals surface area contributed by atoms with E-state index in [4.69, 9.17) is 5.11 Å². The van der Waals surface area contributed by atoms with Gasteiger partial charge in [0.15, 0.2) is 0 Å². The number of carbonyl (C=O) groups is 2. The molecular weight excluding hydrogens is 386 g/mol. The van der Waals surface area contributed by atoms with E-state index in [2.05, 4.69) is 4.98 Å². The number of carbonyl (C=O) groups excluding carboxylic acids is 1. The Morgan fingerprint density at radius 2 is 1.96 bits per heavy atom. The molecule has 0 atom stereocenters. The molecular formula is C20H18F2N2O3S. The molecule has 8 heteroatoms. The fourth-order valence-corrected chi connectivity index (χ4v) is 3.76. The average molecular weight is 404 g/mol. The minimum absolute atomic E-state index is 0.0476. The van der Waals surface area contributed by atoms with E-state index in [1.165, 1.54) is 4.90 Å². The van der Waals surface area contributed by atoms with Gasteiger partial charge in [0.05, 0.1) is 23.2 Å². The van der Waals surface area contributed by atoms with E-state index < -0.39 is 17.6 Å². The summed E-state index contributed by atoms with van der Waals surface area (Å²) in [6.45, 7) is 2.03. The average Bonchev–Trinajstić information content (AvgIpc) is 3.07. The van der Waals surface area contributed by atoms with Gasteiger partial charge in [-0.1, -0.05) is 19.1 Å². The molecule has 0 saturated carbocycles. The van der Waals surface area contributed by atoms with E-state index in [0.717, 1.165) is 35.5 Å². The number of carboxylic acid groups (broad SMARTS) is 1. The molecule has 146 valence electrons. The Kier molecular flexibility index (Phi) is 5.99. The normalized spacial score (nSPS) is 11.0. The standard InChI is InChI=1S/C20H18F2N2O3S/c1-2-12-4-3-5-14(8-12)24(18(25)6-7-19(26)27)11-17-23-16-10-13(21)9-15(22)20(16)28-17/h3-5,8-10H,2,6-7,11H2,1H3,(H,26,27). The smallest absolute Gasteiger partial charge is 0.303 e. The molecule has 1 heterocycles. The lowest BCUT2D eigenvalue weighted by Crippen LogP contribution is -2.30. The van der Waals surface area contributed by atoms with Crippen LogP contribution in [-0.2, 0) is 22.6 Å². The predicted octanol–water partition coefficient (Wildman–Crippen LogP) is 4.53. The van der Waals surface area contributed by atoms with Crippen molar-refractivity contribution < 1.29 is 23.5 Å². The van der Waals surface area contributed by atoms with E-state index >= 15 is 0 Å². The van der Waals surface area contributed by atoms with Gasteiger partial charge >= 0.3 is 5.97 Å². The van der Waals surface area contributed by atoms with Crippen LogP contribution in [0, 0.1) is 11.6 Å². The largest absolute Gasteiger partial charge is 0.481 e. The molecule has 0 saturated heterocycles. The third-order valence-electron chi connectivity index (χ3n) is 4.23. The van der Waals surface area contributed by atoms with Crippen molar-refractivity contribution in [1.29, 1.82) is 0 Å². The highest BCUT2D eigenvalue weighted by atomic mass is 32.1. The van der Waals surface area contributed by atoms with Crippen molar-refractivity contribution in [3.8, 4) is 0 Å². The highest BCUT2D eigenvalue weighted by Gasteiger charge is 2.20. The molecule has 1 aromatic heterocycles. The molecule has 0 radical (unpaired) electrons. The van der Waals surface area contributed by atoms with Crippen LogP contribution in [0.1, 0.15) is 30.3 Å². The third kappa shape index (κ3) is 4.51. The molecule has 1 amide bonds. The molecule has 0 bridgehead atoms. The van der Waals surface area contributed by atoms with Crippen LogP contribution in [0.3, 0.4) is 0 Å². The first kappa shape index (κ1) is 19.9. The van der Waals surface area contributed by atoms with Crippen LogP contribution in [0.15, 0.2) is 36.4 Å². The van der Waals surface area contributed by atoms with Gasteiger partial charge in [0.25, 0.3) is 0 Å². The highest BCUT2D eigenvalue weighted by Crippen LogP contribution is 2.28. The molecule has 0 spiro atoms. The lowest BCUT2D eigenvalue weighted by molar-refractivity contribution is -0.138. The first-order valence-electron chi connectivity index (χ1n) is 8.73. The van der Waals surface area contributed by atoms with Crippen LogP contribution in [0.25, 0.3) is 10.2 Å². The number of nitrogens with zero attached hydrogens (tertiary/aromatic N) is 2. The van der Waals surface area contributed by atoms with Gasteiger partial charge in [0.1, 0.15) is 16.6 Å². The van der Waals surface area contributed by atoms with Gasteiger partial charge in [0, 0.05) is 24.2 Å². The number of hydrogen-bond donors (Lipinski definition) is 1. The van der Waals surface area contributed by atoms with Crippen LogP contribution < -0.4 is 4.90 Å². The van der Waals surface area contributed by atoms with E-state index in [1.54, 1.807) is 6.07 Å². The number of fused-ring (bicyclic) bond motifs is 1. The summed E-state index contributed by atoms with van der Waals surface area (Å²) >= 11 is 1.04. The Morgan fingerprint density at radius 1 is 1.18 bits per heavy atom. The number of thiazole rings is 1. The monoisotopic (exact) mass is 404 g/mol. The molecule has 1 N–H and O–H groups in total. The van der Waals surface area contributed by atoms with E-state index in [-0.39, 0.29) is 35.5 Å². The van der Waals surface area contributed by atoms with Crippen molar-refractivity contribution in [2.24, 2.45) is 0 Å². The summed E-state index contributed by atoms with van der Waals surface area (Å²) in [6.07, 6.45) is 0.318. The summed E-state index contributed by atoms with van der Waals surface area (Å²) in [5, 5.41) is 9.32. The maximum Gasteiger partial charge on any atom is 0.303 e. The number of halogens is 2. The quantitative estimate of drug-likeness (QED) is 0.628. The molecule has 3 rings (SSSR count). The van der Waals surface area contributed by atoms with Gasteiger partial charge in [-0.15, -0.1) is 11.3 Å². The number of aryl methyl sites for hydroxylation is 1. The summed E-state index contributed by atoms with van der Waals surface area (Å²) in [7, 11) is 0.